The molecule has 0 atom stereocenters. The van der Waals surface area contributed by atoms with Crippen LogP contribution >= 0.6 is 0 Å². The van der Waals surface area contributed by atoms with Gasteiger partial charge in [-0.25, -0.2) is 4.99 Å². The molecule has 0 unspecified atom stereocenters. The van der Waals surface area contributed by atoms with E-state index in [9.17, 15) is 0 Å². The maximum absolute atomic E-state index is 6.17. The van der Waals surface area contributed by atoms with Crippen molar-refractivity contribution in [1.29, 1.82) is 0 Å². The molecule has 0 saturated heterocycles. The van der Waals surface area contributed by atoms with Gasteiger partial charge < -0.3 is 9.47 Å². The Kier molecular flexibility index (Phi) is 6.85. The number of aryl methyl sites for hydroxylation is 3. The second kappa shape index (κ2) is 9.74. The molecule has 3 heteroatoms. The van der Waals surface area contributed by atoms with Crippen molar-refractivity contribution in [3.63, 3.8) is 0 Å². The summed E-state index contributed by atoms with van der Waals surface area (Å²) in [7, 11) is 0. The van der Waals surface area contributed by atoms with Gasteiger partial charge in [-0.3, -0.25) is 0 Å². The van der Waals surface area contributed by atoms with Gasteiger partial charge in [0.1, 0.15) is 11.5 Å². The Morgan fingerprint density at radius 2 is 1.59 bits per heavy atom. The first-order valence-electron chi connectivity index (χ1n) is 9.86. The summed E-state index contributed by atoms with van der Waals surface area (Å²) in [5, 5.41) is 0. The second-order valence-electron chi connectivity index (χ2n) is 7.09. The number of hydrogen-bond acceptors (Lipinski definition) is 3. The van der Waals surface area contributed by atoms with Crippen LogP contribution in [0.3, 0.4) is 0 Å². The number of ether oxygens (including phenoxy) is 2. The molecule has 3 aromatic carbocycles. The lowest BCUT2D eigenvalue weighted by Gasteiger charge is -2.11. The first kappa shape index (κ1) is 20.4. The molecule has 0 aliphatic heterocycles. The number of rotatable bonds is 6. The van der Waals surface area contributed by atoms with E-state index in [1.54, 1.807) is 6.26 Å². The minimum absolute atomic E-state index is 0.509. The first-order valence-corrected chi connectivity index (χ1v) is 9.86. The van der Waals surface area contributed by atoms with Crippen LogP contribution in [0.4, 0.5) is 5.69 Å². The van der Waals surface area contributed by atoms with Gasteiger partial charge >= 0.3 is 0 Å². The molecule has 0 radical (unpaired) electrons. The Morgan fingerprint density at radius 3 is 2.31 bits per heavy atom. The molecular weight excluding hydrogens is 358 g/mol. The summed E-state index contributed by atoms with van der Waals surface area (Å²) in [5.41, 5.74) is 5.19. The van der Waals surface area contributed by atoms with Crippen LogP contribution < -0.4 is 9.47 Å². The summed E-state index contributed by atoms with van der Waals surface area (Å²) in [6, 6.07) is 24.0. The third kappa shape index (κ3) is 6.08. The molecule has 3 aromatic rings. The average Bonchev–Trinajstić information content (AvgIpc) is 2.73. The van der Waals surface area contributed by atoms with Crippen molar-refractivity contribution in [3.8, 4) is 11.5 Å². The summed E-state index contributed by atoms with van der Waals surface area (Å²) in [6.07, 6.45) is 2.64. The van der Waals surface area contributed by atoms with Crippen molar-refractivity contribution in [2.45, 2.75) is 34.1 Å². The predicted molar refractivity (Wildman–Crippen MR) is 120 cm³/mol. The van der Waals surface area contributed by atoms with E-state index in [1.807, 2.05) is 80.6 Å². The van der Waals surface area contributed by atoms with Crippen molar-refractivity contribution in [2.24, 2.45) is 4.99 Å². The monoisotopic (exact) mass is 385 g/mol. The lowest BCUT2D eigenvalue weighted by molar-refractivity contribution is 0.473. The largest absolute Gasteiger partial charge is 0.465 e. The first-order chi connectivity index (χ1) is 14.0. The SMILES string of the molecule is CCc1cccc(OC(=Nc2ccc(C)cc2)/C(C)=C/Oc2cccc(C)c2)c1. The molecule has 148 valence electrons. The second-order valence-corrected chi connectivity index (χ2v) is 7.09. The summed E-state index contributed by atoms with van der Waals surface area (Å²) < 4.78 is 12.0. The molecule has 0 saturated carbocycles. The molecule has 3 nitrogen and oxygen atoms in total. The van der Waals surface area contributed by atoms with E-state index in [2.05, 4.69) is 19.9 Å². The van der Waals surface area contributed by atoms with Gasteiger partial charge in [0.25, 0.3) is 0 Å². The third-order valence-corrected chi connectivity index (χ3v) is 4.48. The zero-order chi connectivity index (χ0) is 20.6. The molecule has 0 spiro atoms. The molecule has 3 rings (SSSR count). The zero-order valence-corrected chi connectivity index (χ0v) is 17.5. The van der Waals surface area contributed by atoms with Gasteiger partial charge in [-0.15, -0.1) is 0 Å². The summed E-state index contributed by atoms with van der Waals surface area (Å²) in [5.74, 6) is 2.06. The normalized spacial score (nSPS) is 12.0. The number of benzene rings is 3. The highest BCUT2D eigenvalue weighted by molar-refractivity contribution is 5.96. The highest BCUT2D eigenvalue weighted by Gasteiger charge is 2.08. The number of hydrogen-bond donors (Lipinski definition) is 0. The minimum Gasteiger partial charge on any atom is -0.465 e. The number of aliphatic imine (C=N–C) groups is 1. The Balaban J connectivity index is 1.90. The van der Waals surface area contributed by atoms with Gasteiger partial charge in [-0.1, -0.05) is 48.9 Å². The van der Waals surface area contributed by atoms with Crippen LogP contribution in [-0.2, 0) is 6.42 Å². The molecule has 29 heavy (non-hydrogen) atoms. The summed E-state index contributed by atoms with van der Waals surface area (Å²) in [6.45, 7) is 8.16. The Hall–Kier alpha value is -3.33. The van der Waals surface area contributed by atoms with E-state index < -0.39 is 0 Å². The van der Waals surface area contributed by atoms with Gasteiger partial charge in [0.2, 0.25) is 5.90 Å². The topological polar surface area (TPSA) is 30.8 Å². The standard InChI is InChI=1S/C26H27NO2/c1-5-22-9-7-11-25(17-22)29-26(27-23-14-12-19(2)13-15-23)21(4)18-28-24-10-6-8-20(3)16-24/h6-18H,5H2,1-4H3/b21-18+,27-26?. The molecular formula is C26H27NO2. The van der Waals surface area contributed by atoms with E-state index in [-0.39, 0.29) is 0 Å². The fourth-order valence-corrected chi connectivity index (χ4v) is 2.76. The molecule has 0 fully saturated rings. The number of nitrogens with zero attached hydrogens (tertiary/aromatic N) is 1. The lowest BCUT2D eigenvalue weighted by Crippen LogP contribution is -2.11. The molecule has 0 aliphatic rings. The molecule has 0 aliphatic carbocycles. The van der Waals surface area contributed by atoms with E-state index in [1.165, 1.54) is 11.1 Å². The smallest absolute Gasteiger partial charge is 0.225 e. The van der Waals surface area contributed by atoms with E-state index in [0.29, 0.717) is 5.90 Å². The van der Waals surface area contributed by atoms with Crippen molar-refractivity contribution in [3.05, 3.63) is 101 Å². The highest BCUT2D eigenvalue weighted by atomic mass is 16.5. The van der Waals surface area contributed by atoms with Gasteiger partial charge in [-0.05, 0) is 74.7 Å². The van der Waals surface area contributed by atoms with Crippen molar-refractivity contribution < 1.29 is 9.47 Å². The Morgan fingerprint density at radius 1 is 0.862 bits per heavy atom. The minimum atomic E-state index is 0.509. The summed E-state index contributed by atoms with van der Waals surface area (Å²) in [4.78, 5) is 4.73. The Labute approximate surface area is 173 Å². The average molecular weight is 386 g/mol. The van der Waals surface area contributed by atoms with Crippen LogP contribution in [0.15, 0.2) is 89.6 Å². The molecule has 0 bridgehead atoms. The van der Waals surface area contributed by atoms with Crippen LogP contribution in [0, 0.1) is 13.8 Å². The molecule has 0 heterocycles. The van der Waals surface area contributed by atoms with Crippen LogP contribution in [0.1, 0.15) is 30.5 Å². The van der Waals surface area contributed by atoms with Crippen LogP contribution in [0.25, 0.3) is 0 Å². The van der Waals surface area contributed by atoms with Gasteiger partial charge in [0.05, 0.1) is 11.9 Å². The highest BCUT2D eigenvalue weighted by Crippen LogP contribution is 2.20. The van der Waals surface area contributed by atoms with E-state index >= 15 is 0 Å². The van der Waals surface area contributed by atoms with Crippen LogP contribution in [0.2, 0.25) is 0 Å². The maximum Gasteiger partial charge on any atom is 0.225 e. The van der Waals surface area contributed by atoms with Gasteiger partial charge in [-0.2, -0.15) is 0 Å². The fraction of sp³-hybridized carbons (Fsp3) is 0.192. The van der Waals surface area contributed by atoms with Crippen molar-refractivity contribution in [1.82, 2.24) is 0 Å². The quantitative estimate of drug-likeness (QED) is 0.261. The zero-order valence-electron chi connectivity index (χ0n) is 17.5. The van der Waals surface area contributed by atoms with E-state index in [0.717, 1.165) is 34.7 Å². The third-order valence-electron chi connectivity index (χ3n) is 4.48. The molecule has 0 aromatic heterocycles. The lowest BCUT2D eigenvalue weighted by atomic mass is 10.2. The van der Waals surface area contributed by atoms with Crippen LogP contribution in [0.5, 0.6) is 11.5 Å². The maximum atomic E-state index is 6.17. The predicted octanol–water partition coefficient (Wildman–Crippen LogP) is 6.96. The Bertz CT molecular complexity index is 1020. The fourth-order valence-electron chi connectivity index (χ4n) is 2.76. The molecule has 0 amide bonds. The van der Waals surface area contributed by atoms with Gasteiger partial charge in [0, 0.05) is 5.57 Å². The van der Waals surface area contributed by atoms with Gasteiger partial charge in [0.15, 0.2) is 0 Å². The van der Waals surface area contributed by atoms with E-state index in [4.69, 9.17) is 14.5 Å². The van der Waals surface area contributed by atoms with Crippen molar-refractivity contribution >= 4 is 11.6 Å². The van der Waals surface area contributed by atoms with Crippen LogP contribution in [-0.4, -0.2) is 5.90 Å². The van der Waals surface area contributed by atoms with Crippen molar-refractivity contribution in [2.75, 3.05) is 0 Å². The molecule has 0 N–H and O–H groups in total. The summed E-state index contributed by atoms with van der Waals surface area (Å²) >= 11 is 0.